The Labute approximate surface area is 462 Å². The van der Waals surface area contributed by atoms with Crippen LogP contribution in [-0.4, -0.2) is 47.4 Å². The van der Waals surface area contributed by atoms with Gasteiger partial charge in [0, 0.05) is 12.8 Å². The maximum Gasteiger partial charge on any atom is 0.305 e. The average Bonchev–Trinajstić information content (AvgIpc) is 3.40. The van der Waals surface area contributed by atoms with E-state index in [1.807, 2.05) is 0 Å². The van der Waals surface area contributed by atoms with Gasteiger partial charge in [0.1, 0.15) is 0 Å². The Morgan fingerprint density at radius 2 is 0.676 bits per heavy atom. The predicted molar refractivity (Wildman–Crippen MR) is 324 cm³/mol. The number of hydrogen-bond donors (Lipinski definition) is 3. The number of aliphatic hydroxyl groups excluding tert-OH is 2. The van der Waals surface area contributed by atoms with Gasteiger partial charge in [0.2, 0.25) is 5.91 Å². The average molecular weight is 1040 g/mol. The fourth-order valence-corrected chi connectivity index (χ4v) is 10.6. The Bertz CT molecular complexity index is 1150. The summed E-state index contributed by atoms with van der Waals surface area (Å²) in [5.41, 5.74) is 0. The Kier molecular flexibility index (Phi) is 62.4. The van der Waals surface area contributed by atoms with E-state index >= 15 is 0 Å². The SMILES string of the molecule is CCCCC/C=C\C/C=C\CCCCCCCCCC(=O)OCCCCCCCCCCCCCCCCCCCCCCC(=O)NC(CO)C(O)CCCCCCCCCCCCCCCCCCCCCC. The van der Waals surface area contributed by atoms with Crippen LogP contribution in [0.15, 0.2) is 24.3 Å². The summed E-state index contributed by atoms with van der Waals surface area (Å²) in [6.45, 7) is 4.95. The monoisotopic (exact) mass is 1040 g/mol. The Morgan fingerprint density at radius 1 is 0.378 bits per heavy atom. The van der Waals surface area contributed by atoms with Gasteiger partial charge < -0.3 is 20.3 Å². The van der Waals surface area contributed by atoms with Gasteiger partial charge in [0.05, 0.1) is 25.4 Å². The standard InChI is InChI=1S/C68H131NO5/c1-3-5-7-9-11-13-15-17-19-21-22-25-29-32-36-40-44-48-52-56-60-66(71)65(64-70)69-67(72)61-57-53-49-45-41-37-33-30-26-23-24-27-31-35-39-43-47-51-55-59-63-74-68(73)62-58-54-50-46-42-38-34-28-20-18-16-14-12-10-8-6-4-2/h12,14,18,20,65-66,70-71H,3-11,13,15-17,19,21-64H2,1-2H3,(H,69,72)/b14-12-,20-18-. The molecule has 6 heteroatoms. The zero-order valence-corrected chi connectivity index (χ0v) is 50.1. The molecule has 0 aliphatic rings. The molecule has 2 atom stereocenters. The highest BCUT2D eigenvalue weighted by Gasteiger charge is 2.20. The second-order valence-electron chi connectivity index (χ2n) is 23.2. The van der Waals surface area contributed by atoms with Crippen LogP contribution in [0.25, 0.3) is 0 Å². The summed E-state index contributed by atoms with van der Waals surface area (Å²) in [5.74, 6) is -0.0294. The Morgan fingerprint density at radius 3 is 1.05 bits per heavy atom. The number of aliphatic hydroxyl groups is 2. The van der Waals surface area contributed by atoms with Crippen LogP contribution in [-0.2, 0) is 14.3 Å². The number of unbranched alkanes of at least 4 members (excludes halogenated alkanes) is 48. The number of hydrogen-bond acceptors (Lipinski definition) is 5. The van der Waals surface area contributed by atoms with Crippen LogP contribution in [0.2, 0.25) is 0 Å². The molecule has 2 unspecified atom stereocenters. The molecule has 0 rings (SSSR count). The van der Waals surface area contributed by atoms with Gasteiger partial charge in [-0.25, -0.2) is 0 Å². The summed E-state index contributed by atoms with van der Waals surface area (Å²) in [7, 11) is 0. The first-order valence-electron chi connectivity index (χ1n) is 33.6. The van der Waals surface area contributed by atoms with E-state index in [0.29, 0.717) is 25.9 Å². The third-order valence-electron chi connectivity index (χ3n) is 15.8. The third-order valence-corrected chi connectivity index (χ3v) is 15.8. The van der Waals surface area contributed by atoms with Crippen molar-refractivity contribution in [3.63, 3.8) is 0 Å². The zero-order valence-electron chi connectivity index (χ0n) is 50.1. The molecule has 6 nitrogen and oxygen atoms in total. The molecule has 0 aromatic carbocycles. The van der Waals surface area contributed by atoms with E-state index in [2.05, 4.69) is 43.5 Å². The lowest BCUT2D eigenvalue weighted by molar-refractivity contribution is -0.143. The van der Waals surface area contributed by atoms with Crippen molar-refractivity contribution in [2.75, 3.05) is 13.2 Å². The van der Waals surface area contributed by atoms with Crippen LogP contribution in [0.5, 0.6) is 0 Å². The highest BCUT2D eigenvalue weighted by molar-refractivity contribution is 5.76. The van der Waals surface area contributed by atoms with Gasteiger partial charge in [-0.1, -0.05) is 327 Å². The minimum absolute atomic E-state index is 0.00377. The van der Waals surface area contributed by atoms with Crippen LogP contribution in [0.3, 0.4) is 0 Å². The van der Waals surface area contributed by atoms with E-state index in [1.54, 1.807) is 0 Å². The Balaban J connectivity index is 3.39. The molecule has 1 amide bonds. The molecule has 0 fully saturated rings. The van der Waals surface area contributed by atoms with Crippen molar-refractivity contribution < 1.29 is 24.5 Å². The first kappa shape index (κ1) is 72.3. The molecule has 3 N–H and O–H groups in total. The second kappa shape index (κ2) is 63.9. The maximum absolute atomic E-state index is 12.5. The molecule has 0 aromatic heterocycles. The summed E-state index contributed by atoms with van der Waals surface area (Å²) in [4.78, 5) is 24.6. The van der Waals surface area contributed by atoms with E-state index in [4.69, 9.17) is 4.74 Å². The van der Waals surface area contributed by atoms with E-state index in [0.717, 1.165) is 51.4 Å². The molecular formula is C68H131NO5. The lowest BCUT2D eigenvalue weighted by Gasteiger charge is -2.22. The van der Waals surface area contributed by atoms with Gasteiger partial charge in [-0.05, 0) is 57.8 Å². The number of esters is 1. The summed E-state index contributed by atoms with van der Waals surface area (Å²) in [5, 5.41) is 23.4. The molecule has 0 spiro atoms. The highest BCUT2D eigenvalue weighted by Crippen LogP contribution is 2.19. The molecule has 0 saturated heterocycles. The summed E-state index contributed by atoms with van der Waals surface area (Å²) < 4.78 is 5.49. The smallest absolute Gasteiger partial charge is 0.305 e. The van der Waals surface area contributed by atoms with Crippen LogP contribution in [0.4, 0.5) is 0 Å². The van der Waals surface area contributed by atoms with E-state index < -0.39 is 12.1 Å². The molecule has 74 heavy (non-hydrogen) atoms. The molecule has 438 valence electrons. The second-order valence-corrected chi connectivity index (χ2v) is 23.2. The molecule has 0 bridgehead atoms. The number of ether oxygens (including phenoxy) is 1. The normalized spacial score (nSPS) is 12.6. The highest BCUT2D eigenvalue weighted by atomic mass is 16.5. The van der Waals surface area contributed by atoms with Crippen molar-refractivity contribution in [2.45, 2.75) is 386 Å². The number of carbonyl (C=O) groups is 2. The van der Waals surface area contributed by atoms with Gasteiger partial charge in [-0.15, -0.1) is 0 Å². The first-order chi connectivity index (χ1) is 36.5. The molecule has 0 saturated carbocycles. The number of nitrogens with one attached hydrogen (secondary N) is 1. The van der Waals surface area contributed by atoms with Gasteiger partial charge in [0.15, 0.2) is 0 Å². The molecule has 0 heterocycles. The van der Waals surface area contributed by atoms with E-state index in [9.17, 15) is 19.8 Å². The topological polar surface area (TPSA) is 95.9 Å². The number of amides is 1. The quantitative estimate of drug-likeness (QED) is 0.0320. The van der Waals surface area contributed by atoms with Crippen LogP contribution in [0, 0.1) is 0 Å². The van der Waals surface area contributed by atoms with Crippen molar-refractivity contribution >= 4 is 11.9 Å². The summed E-state index contributed by atoms with van der Waals surface area (Å²) >= 11 is 0. The van der Waals surface area contributed by atoms with Gasteiger partial charge in [-0.3, -0.25) is 9.59 Å². The van der Waals surface area contributed by atoms with Crippen molar-refractivity contribution in [3.05, 3.63) is 24.3 Å². The minimum Gasteiger partial charge on any atom is -0.466 e. The van der Waals surface area contributed by atoms with Crippen molar-refractivity contribution in [1.29, 1.82) is 0 Å². The molecule has 0 radical (unpaired) electrons. The Hall–Kier alpha value is -1.66. The van der Waals surface area contributed by atoms with Crippen molar-refractivity contribution in [2.24, 2.45) is 0 Å². The number of allylic oxidation sites excluding steroid dienone is 4. The molecular weight excluding hydrogens is 911 g/mol. The maximum atomic E-state index is 12.5. The summed E-state index contributed by atoms with van der Waals surface area (Å²) in [6, 6.07) is -0.544. The minimum atomic E-state index is -0.667. The van der Waals surface area contributed by atoms with Crippen LogP contribution in [0.1, 0.15) is 373 Å². The van der Waals surface area contributed by atoms with Gasteiger partial charge in [0.25, 0.3) is 0 Å². The number of rotatable bonds is 63. The predicted octanol–water partition coefficient (Wildman–Crippen LogP) is 21.4. The lowest BCUT2D eigenvalue weighted by Crippen LogP contribution is -2.45. The van der Waals surface area contributed by atoms with Gasteiger partial charge in [-0.2, -0.15) is 0 Å². The van der Waals surface area contributed by atoms with Crippen molar-refractivity contribution in [3.8, 4) is 0 Å². The fraction of sp³-hybridized carbons (Fsp3) is 0.912. The zero-order chi connectivity index (χ0) is 53.6. The third kappa shape index (κ3) is 59.6. The van der Waals surface area contributed by atoms with Gasteiger partial charge >= 0.3 is 5.97 Å². The van der Waals surface area contributed by atoms with Crippen LogP contribution < -0.4 is 5.32 Å². The van der Waals surface area contributed by atoms with E-state index in [1.165, 1.54) is 289 Å². The van der Waals surface area contributed by atoms with Crippen molar-refractivity contribution in [1.82, 2.24) is 5.32 Å². The van der Waals surface area contributed by atoms with Crippen LogP contribution >= 0.6 is 0 Å². The molecule has 0 aliphatic carbocycles. The first-order valence-corrected chi connectivity index (χ1v) is 33.6. The summed E-state index contributed by atoms with van der Waals surface area (Å²) in [6.07, 6.45) is 79.1. The fourth-order valence-electron chi connectivity index (χ4n) is 10.6. The number of carbonyl (C=O) groups excluding carboxylic acids is 2. The molecule has 0 aliphatic heterocycles. The lowest BCUT2D eigenvalue weighted by atomic mass is 10.0. The molecule has 0 aromatic rings. The van der Waals surface area contributed by atoms with E-state index in [-0.39, 0.29) is 18.5 Å². The largest absolute Gasteiger partial charge is 0.466 e.